The average Bonchev–Trinajstić information content (AvgIpc) is 2.75. The SMILES string of the molecule is COc1ccc(C(N)c2ccc(Cl)s2)c(Cl)c1. The Morgan fingerprint density at radius 2 is 2.00 bits per heavy atom. The lowest BCUT2D eigenvalue weighted by molar-refractivity contribution is 0.414. The standard InChI is InChI=1S/C12H11Cl2NOS/c1-16-7-2-3-8(9(13)6-7)12(15)10-4-5-11(14)17-10/h2-6,12H,15H2,1H3. The number of methoxy groups -OCH3 is 1. The van der Waals surface area contributed by atoms with Crippen molar-refractivity contribution in [2.24, 2.45) is 5.73 Å². The molecule has 1 aromatic heterocycles. The van der Waals surface area contributed by atoms with Gasteiger partial charge in [-0.2, -0.15) is 0 Å². The van der Waals surface area contributed by atoms with Crippen LogP contribution in [-0.2, 0) is 0 Å². The predicted molar refractivity (Wildman–Crippen MR) is 73.4 cm³/mol. The second-order valence-corrected chi connectivity index (χ2v) is 5.66. The van der Waals surface area contributed by atoms with Gasteiger partial charge in [0.1, 0.15) is 5.75 Å². The molecule has 0 amide bonds. The van der Waals surface area contributed by atoms with E-state index in [2.05, 4.69) is 0 Å². The van der Waals surface area contributed by atoms with Crippen LogP contribution in [0.5, 0.6) is 5.75 Å². The van der Waals surface area contributed by atoms with Crippen LogP contribution in [0, 0.1) is 0 Å². The van der Waals surface area contributed by atoms with Gasteiger partial charge >= 0.3 is 0 Å². The summed E-state index contributed by atoms with van der Waals surface area (Å²) in [6, 6.07) is 8.96. The molecule has 17 heavy (non-hydrogen) atoms. The van der Waals surface area contributed by atoms with E-state index in [0.717, 1.165) is 20.5 Å². The molecule has 2 N–H and O–H groups in total. The molecule has 1 aromatic carbocycles. The molecular weight excluding hydrogens is 277 g/mol. The lowest BCUT2D eigenvalue weighted by atomic mass is 10.1. The summed E-state index contributed by atoms with van der Waals surface area (Å²) in [7, 11) is 1.60. The summed E-state index contributed by atoms with van der Waals surface area (Å²) in [5, 5.41) is 0.598. The summed E-state index contributed by atoms with van der Waals surface area (Å²) in [6.07, 6.45) is 0. The zero-order valence-electron chi connectivity index (χ0n) is 9.11. The number of hydrogen-bond acceptors (Lipinski definition) is 3. The van der Waals surface area contributed by atoms with Gasteiger partial charge in [-0.1, -0.05) is 29.3 Å². The third-order valence-electron chi connectivity index (χ3n) is 2.44. The summed E-state index contributed by atoms with van der Waals surface area (Å²) >= 11 is 13.5. The van der Waals surface area contributed by atoms with Crippen LogP contribution in [0.4, 0.5) is 0 Å². The van der Waals surface area contributed by atoms with Crippen molar-refractivity contribution in [3.05, 3.63) is 50.1 Å². The van der Waals surface area contributed by atoms with Gasteiger partial charge < -0.3 is 10.5 Å². The normalized spacial score (nSPS) is 12.5. The van der Waals surface area contributed by atoms with E-state index in [4.69, 9.17) is 33.7 Å². The molecule has 0 saturated heterocycles. The van der Waals surface area contributed by atoms with Gasteiger partial charge in [-0.25, -0.2) is 0 Å². The maximum Gasteiger partial charge on any atom is 0.120 e. The summed E-state index contributed by atoms with van der Waals surface area (Å²) in [6.45, 7) is 0. The Kier molecular flexibility index (Phi) is 3.94. The van der Waals surface area contributed by atoms with Gasteiger partial charge in [0.2, 0.25) is 0 Å². The molecule has 1 atom stereocenters. The molecule has 1 unspecified atom stereocenters. The third kappa shape index (κ3) is 2.75. The topological polar surface area (TPSA) is 35.2 Å². The minimum absolute atomic E-state index is 0.258. The molecule has 2 rings (SSSR count). The number of nitrogens with two attached hydrogens (primary N) is 1. The monoisotopic (exact) mass is 287 g/mol. The van der Waals surface area contributed by atoms with E-state index in [1.165, 1.54) is 11.3 Å². The fourth-order valence-electron chi connectivity index (χ4n) is 1.54. The molecular formula is C12H11Cl2NOS. The van der Waals surface area contributed by atoms with Crippen molar-refractivity contribution < 1.29 is 4.74 Å². The Balaban J connectivity index is 2.34. The molecule has 0 saturated carbocycles. The van der Waals surface area contributed by atoms with Gasteiger partial charge in [-0.15, -0.1) is 11.3 Å². The number of thiophene rings is 1. The Labute approximate surface area is 114 Å². The van der Waals surface area contributed by atoms with Crippen LogP contribution in [0.1, 0.15) is 16.5 Å². The zero-order chi connectivity index (χ0) is 12.4. The second kappa shape index (κ2) is 5.27. The summed E-state index contributed by atoms with van der Waals surface area (Å²) in [4.78, 5) is 0.988. The van der Waals surface area contributed by atoms with Crippen LogP contribution in [-0.4, -0.2) is 7.11 Å². The molecule has 2 nitrogen and oxygen atoms in total. The Morgan fingerprint density at radius 1 is 1.24 bits per heavy atom. The van der Waals surface area contributed by atoms with E-state index < -0.39 is 0 Å². The quantitative estimate of drug-likeness (QED) is 0.922. The van der Waals surface area contributed by atoms with Crippen LogP contribution in [0.15, 0.2) is 30.3 Å². The molecule has 0 spiro atoms. The molecule has 0 aliphatic heterocycles. The molecule has 5 heteroatoms. The number of hydrogen-bond donors (Lipinski definition) is 1. The molecule has 0 bridgehead atoms. The lowest BCUT2D eigenvalue weighted by Crippen LogP contribution is -2.10. The highest BCUT2D eigenvalue weighted by molar-refractivity contribution is 7.16. The van der Waals surface area contributed by atoms with Gasteiger partial charge in [0.05, 0.1) is 17.5 Å². The number of rotatable bonds is 3. The number of benzene rings is 1. The Morgan fingerprint density at radius 3 is 2.53 bits per heavy atom. The maximum atomic E-state index is 6.17. The first-order valence-electron chi connectivity index (χ1n) is 4.96. The molecule has 2 aromatic rings. The first-order chi connectivity index (χ1) is 8.11. The number of ether oxygens (including phenoxy) is 1. The van der Waals surface area contributed by atoms with E-state index in [-0.39, 0.29) is 6.04 Å². The van der Waals surface area contributed by atoms with Crippen molar-refractivity contribution in [3.63, 3.8) is 0 Å². The predicted octanol–water partition coefficient (Wildman–Crippen LogP) is 4.11. The zero-order valence-corrected chi connectivity index (χ0v) is 11.4. The van der Waals surface area contributed by atoms with Crippen LogP contribution < -0.4 is 10.5 Å². The summed E-state index contributed by atoms with van der Waals surface area (Å²) in [5.41, 5.74) is 7.02. The molecule has 0 aliphatic rings. The van der Waals surface area contributed by atoms with Crippen molar-refractivity contribution in [1.29, 1.82) is 0 Å². The summed E-state index contributed by atoms with van der Waals surface area (Å²) in [5.74, 6) is 0.718. The van der Waals surface area contributed by atoms with Gasteiger partial charge in [0, 0.05) is 9.90 Å². The Bertz CT molecular complexity index is 527. The van der Waals surface area contributed by atoms with Crippen molar-refractivity contribution in [2.75, 3.05) is 7.11 Å². The van der Waals surface area contributed by atoms with Crippen molar-refractivity contribution in [1.82, 2.24) is 0 Å². The lowest BCUT2D eigenvalue weighted by Gasteiger charge is -2.12. The fraction of sp³-hybridized carbons (Fsp3) is 0.167. The van der Waals surface area contributed by atoms with E-state index in [1.54, 1.807) is 13.2 Å². The van der Waals surface area contributed by atoms with Crippen LogP contribution >= 0.6 is 34.5 Å². The summed E-state index contributed by atoms with van der Waals surface area (Å²) < 4.78 is 5.82. The first-order valence-corrected chi connectivity index (χ1v) is 6.53. The maximum absolute atomic E-state index is 6.17. The van der Waals surface area contributed by atoms with E-state index in [9.17, 15) is 0 Å². The number of halogens is 2. The largest absolute Gasteiger partial charge is 0.497 e. The Hall–Kier alpha value is -0.740. The van der Waals surface area contributed by atoms with Crippen molar-refractivity contribution in [2.45, 2.75) is 6.04 Å². The minimum Gasteiger partial charge on any atom is -0.497 e. The van der Waals surface area contributed by atoms with E-state index >= 15 is 0 Å². The van der Waals surface area contributed by atoms with E-state index in [1.807, 2.05) is 24.3 Å². The smallest absolute Gasteiger partial charge is 0.120 e. The highest BCUT2D eigenvalue weighted by Crippen LogP contribution is 2.33. The van der Waals surface area contributed by atoms with Crippen LogP contribution in [0.25, 0.3) is 0 Å². The molecule has 90 valence electrons. The second-order valence-electron chi connectivity index (χ2n) is 3.51. The third-order valence-corrected chi connectivity index (χ3v) is 4.08. The van der Waals surface area contributed by atoms with Crippen LogP contribution in [0.2, 0.25) is 9.36 Å². The molecule has 0 aliphatic carbocycles. The highest BCUT2D eigenvalue weighted by Gasteiger charge is 2.15. The molecule has 0 fully saturated rings. The van der Waals surface area contributed by atoms with Gasteiger partial charge in [-0.3, -0.25) is 0 Å². The van der Waals surface area contributed by atoms with Gasteiger partial charge in [0.15, 0.2) is 0 Å². The van der Waals surface area contributed by atoms with Crippen LogP contribution in [0.3, 0.4) is 0 Å². The van der Waals surface area contributed by atoms with Gasteiger partial charge in [0.25, 0.3) is 0 Å². The average molecular weight is 288 g/mol. The van der Waals surface area contributed by atoms with Crippen molar-refractivity contribution >= 4 is 34.5 Å². The minimum atomic E-state index is -0.258. The van der Waals surface area contributed by atoms with Crippen molar-refractivity contribution in [3.8, 4) is 5.75 Å². The molecule has 1 heterocycles. The fourth-order valence-corrected chi connectivity index (χ4v) is 2.91. The van der Waals surface area contributed by atoms with E-state index in [0.29, 0.717) is 5.02 Å². The first kappa shape index (κ1) is 12.7. The molecule has 0 radical (unpaired) electrons. The van der Waals surface area contributed by atoms with Gasteiger partial charge in [-0.05, 0) is 29.8 Å². The highest BCUT2D eigenvalue weighted by atomic mass is 35.5.